The zero-order chi connectivity index (χ0) is 16.4. The molecule has 2 aliphatic rings. The predicted molar refractivity (Wildman–Crippen MR) is 88.7 cm³/mol. The van der Waals surface area contributed by atoms with Crippen molar-refractivity contribution in [3.8, 4) is 0 Å². The zero-order valence-corrected chi connectivity index (χ0v) is 14.6. The maximum Gasteiger partial charge on any atom is 0.223 e. The summed E-state index contributed by atoms with van der Waals surface area (Å²) in [6, 6.07) is 0.289. The third-order valence-electron chi connectivity index (χ3n) is 5.53. The Kier molecular flexibility index (Phi) is 4.99. The summed E-state index contributed by atoms with van der Waals surface area (Å²) in [4.78, 5) is 14.7. The molecule has 6 heteroatoms. The largest absolute Gasteiger partial charge is 0.352 e. The Morgan fingerprint density at radius 1 is 1.30 bits per heavy atom. The van der Waals surface area contributed by atoms with E-state index in [9.17, 15) is 4.79 Å². The van der Waals surface area contributed by atoms with Gasteiger partial charge in [-0.3, -0.25) is 9.69 Å². The summed E-state index contributed by atoms with van der Waals surface area (Å²) in [6.45, 7) is 6.97. The van der Waals surface area contributed by atoms with Gasteiger partial charge >= 0.3 is 0 Å². The minimum absolute atomic E-state index is 0.271. The number of nitrogens with one attached hydrogen (secondary N) is 1. The van der Waals surface area contributed by atoms with Gasteiger partial charge in [0.1, 0.15) is 11.6 Å². The van der Waals surface area contributed by atoms with Crippen LogP contribution in [0.3, 0.4) is 0 Å². The van der Waals surface area contributed by atoms with Crippen LogP contribution in [-0.4, -0.2) is 44.7 Å². The van der Waals surface area contributed by atoms with E-state index in [1.807, 2.05) is 14.0 Å². The minimum Gasteiger partial charge on any atom is -0.352 e. The lowest BCUT2D eigenvalue weighted by Gasteiger charge is -2.27. The molecule has 1 aromatic heterocycles. The molecule has 2 fully saturated rings. The Labute approximate surface area is 138 Å². The van der Waals surface area contributed by atoms with Gasteiger partial charge in [-0.2, -0.15) is 0 Å². The number of hydrogen-bond acceptors (Lipinski definition) is 4. The van der Waals surface area contributed by atoms with E-state index in [0.29, 0.717) is 5.92 Å². The van der Waals surface area contributed by atoms with Gasteiger partial charge in [0.2, 0.25) is 5.91 Å². The standard InChI is InChI=1S/C17H29N5O/c1-4-6-14-9-22(11-16-20-19-12(2)21(16)3)10-15(14)18-17(23)13-7-5-8-13/h13-15H,4-11H2,1-3H3,(H,18,23). The fourth-order valence-corrected chi connectivity index (χ4v) is 3.68. The number of amides is 1. The van der Waals surface area contributed by atoms with Gasteiger partial charge in [0.05, 0.1) is 6.54 Å². The SMILES string of the molecule is CCCC1CN(Cc2nnc(C)n2C)CC1NC(=O)C1CCC1. The first-order chi connectivity index (χ1) is 11.1. The van der Waals surface area contributed by atoms with Crippen molar-refractivity contribution >= 4 is 5.91 Å². The Morgan fingerprint density at radius 2 is 2.09 bits per heavy atom. The van der Waals surface area contributed by atoms with Gasteiger partial charge in [0.15, 0.2) is 0 Å². The summed E-state index contributed by atoms with van der Waals surface area (Å²) in [5, 5.41) is 11.7. The van der Waals surface area contributed by atoms with Gasteiger partial charge in [0.25, 0.3) is 0 Å². The minimum atomic E-state index is 0.271. The molecule has 2 unspecified atom stereocenters. The number of likely N-dealkylation sites (tertiary alicyclic amines) is 1. The first kappa shape index (κ1) is 16.4. The highest BCUT2D eigenvalue weighted by Crippen LogP contribution is 2.28. The molecule has 23 heavy (non-hydrogen) atoms. The van der Waals surface area contributed by atoms with Gasteiger partial charge in [0, 0.05) is 32.1 Å². The van der Waals surface area contributed by atoms with E-state index in [0.717, 1.165) is 50.5 Å². The van der Waals surface area contributed by atoms with E-state index in [2.05, 4.69) is 31.9 Å². The maximum absolute atomic E-state index is 12.3. The molecule has 128 valence electrons. The van der Waals surface area contributed by atoms with E-state index in [1.165, 1.54) is 12.8 Å². The second kappa shape index (κ2) is 6.99. The van der Waals surface area contributed by atoms with Crippen LogP contribution in [0.25, 0.3) is 0 Å². The number of hydrogen-bond donors (Lipinski definition) is 1. The lowest BCUT2D eigenvalue weighted by molar-refractivity contribution is -0.128. The number of aryl methyl sites for hydroxylation is 1. The topological polar surface area (TPSA) is 63.1 Å². The highest BCUT2D eigenvalue weighted by molar-refractivity contribution is 5.79. The van der Waals surface area contributed by atoms with E-state index in [4.69, 9.17) is 0 Å². The average molecular weight is 319 g/mol. The average Bonchev–Trinajstić information content (AvgIpc) is 2.96. The molecule has 1 N–H and O–H groups in total. The highest BCUT2D eigenvalue weighted by atomic mass is 16.2. The Hall–Kier alpha value is -1.43. The van der Waals surface area contributed by atoms with Gasteiger partial charge in [-0.05, 0) is 32.1 Å². The molecule has 1 amide bonds. The molecule has 1 aliphatic heterocycles. The molecule has 0 radical (unpaired) electrons. The van der Waals surface area contributed by atoms with Gasteiger partial charge in [-0.15, -0.1) is 10.2 Å². The van der Waals surface area contributed by atoms with Gasteiger partial charge in [-0.1, -0.05) is 19.8 Å². The molecular formula is C17H29N5O. The maximum atomic E-state index is 12.3. The first-order valence-corrected chi connectivity index (χ1v) is 8.96. The van der Waals surface area contributed by atoms with Crippen molar-refractivity contribution < 1.29 is 4.79 Å². The molecular weight excluding hydrogens is 290 g/mol. The monoisotopic (exact) mass is 319 g/mol. The van der Waals surface area contributed by atoms with Crippen LogP contribution in [0.2, 0.25) is 0 Å². The van der Waals surface area contributed by atoms with Crippen LogP contribution in [0.15, 0.2) is 0 Å². The van der Waals surface area contributed by atoms with Crippen molar-refractivity contribution in [3.05, 3.63) is 11.6 Å². The van der Waals surface area contributed by atoms with Crippen LogP contribution in [0.5, 0.6) is 0 Å². The van der Waals surface area contributed by atoms with Crippen molar-refractivity contribution in [1.82, 2.24) is 25.0 Å². The summed E-state index contributed by atoms with van der Waals surface area (Å²) in [5.41, 5.74) is 0. The van der Waals surface area contributed by atoms with Crippen LogP contribution in [0.1, 0.15) is 50.7 Å². The van der Waals surface area contributed by atoms with Crippen LogP contribution in [0, 0.1) is 18.8 Å². The second-order valence-corrected chi connectivity index (χ2v) is 7.21. The summed E-state index contributed by atoms with van der Waals surface area (Å²) >= 11 is 0. The molecule has 1 saturated carbocycles. The van der Waals surface area contributed by atoms with Crippen LogP contribution in [0.4, 0.5) is 0 Å². The normalized spacial score (nSPS) is 25.5. The van der Waals surface area contributed by atoms with Crippen molar-refractivity contribution in [3.63, 3.8) is 0 Å². The molecule has 1 saturated heterocycles. The molecule has 3 rings (SSSR count). The molecule has 0 spiro atoms. The number of nitrogens with zero attached hydrogens (tertiary/aromatic N) is 4. The second-order valence-electron chi connectivity index (χ2n) is 7.21. The number of aromatic nitrogens is 3. The fraction of sp³-hybridized carbons (Fsp3) is 0.824. The molecule has 0 aromatic carbocycles. The molecule has 2 heterocycles. The van der Waals surface area contributed by atoms with Crippen molar-refractivity contribution in [2.45, 2.75) is 58.5 Å². The van der Waals surface area contributed by atoms with Crippen molar-refractivity contribution in [2.75, 3.05) is 13.1 Å². The van der Waals surface area contributed by atoms with Crippen LogP contribution in [-0.2, 0) is 18.4 Å². The van der Waals surface area contributed by atoms with Crippen molar-refractivity contribution in [2.24, 2.45) is 18.9 Å². The van der Waals surface area contributed by atoms with Gasteiger partial charge < -0.3 is 9.88 Å². The Balaban J connectivity index is 1.60. The highest BCUT2D eigenvalue weighted by Gasteiger charge is 2.35. The van der Waals surface area contributed by atoms with Crippen molar-refractivity contribution in [1.29, 1.82) is 0 Å². The third-order valence-corrected chi connectivity index (χ3v) is 5.53. The Morgan fingerprint density at radius 3 is 2.65 bits per heavy atom. The first-order valence-electron chi connectivity index (χ1n) is 8.96. The lowest BCUT2D eigenvalue weighted by atomic mass is 9.84. The quantitative estimate of drug-likeness (QED) is 0.866. The third kappa shape index (κ3) is 3.57. The van der Waals surface area contributed by atoms with E-state index in [1.54, 1.807) is 0 Å². The summed E-state index contributed by atoms with van der Waals surface area (Å²) in [7, 11) is 2.01. The summed E-state index contributed by atoms with van der Waals surface area (Å²) < 4.78 is 2.05. The number of carbonyl (C=O) groups is 1. The lowest BCUT2D eigenvalue weighted by Crippen LogP contribution is -2.45. The predicted octanol–water partition coefficient (Wildman–Crippen LogP) is 1.64. The van der Waals surface area contributed by atoms with E-state index >= 15 is 0 Å². The van der Waals surface area contributed by atoms with Crippen LogP contribution < -0.4 is 5.32 Å². The smallest absolute Gasteiger partial charge is 0.223 e. The number of rotatable bonds is 6. The molecule has 0 bridgehead atoms. The fourth-order valence-electron chi connectivity index (χ4n) is 3.68. The molecule has 6 nitrogen and oxygen atoms in total. The zero-order valence-electron chi connectivity index (χ0n) is 14.6. The number of carbonyl (C=O) groups excluding carboxylic acids is 1. The van der Waals surface area contributed by atoms with Crippen LogP contribution >= 0.6 is 0 Å². The van der Waals surface area contributed by atoms with Gasteiger partial charge in [-0.25, -0.2) is 0 Å². The Bertz CT molecular complexity index is 551. The molecule has 1 aliphatic carbocycles. The summed E-state index contributed by atoms with van der Waals surface area (Å²) in [6.07, 6.45) is 5.68. The molecule has 2 atom stereocenters. The van der Waals surface area contributed by atoms with E-state index in [-0.39, 0.29) is 17.9 Å². The van der Waals surface area contributed by atoms with E-state index < -0.39 is 0 Å². The summed E-state index contributed by atoms with van der Waals surface area (Å²) in [5.74, 6) is 3.05. The molecule has 1 aromatic rings.